The molecule has 1 saturated carbocycles. The van der Waals surface area contributed by atoms with Crippen LogP contribution >= 0.6 is 0 Å². The van der Waals surface area contributed by atoms with Crippen molar-refractivity contribution >= 4 is 16.8 Å². The fourth-order valence-electron chi connectivity index (χ4n) is 4.56. The molecule has 0 spiro atoms. The molecule has 1 atom stereocenters. The fourth-order valence-corrected chi connectivity index (χ4v) is 4.56. The predicted octanol–water partition coefficient (Wildman–Crippen LogP) is 3.27. The van der Waals surface area contributed by atoms with E-state index in [1.807, 2.05) is 17.0 Å². The lowest BCUT2D eigenvalue weighted by Gasteiger charge is -2.31. The highest BCUT2D eigenvalue weighted by Crippen LogP contribution is 2.34. The third kappa shape index (κ3) is 3.20. The van der Waals surface area contributed by atoms with Gasteiger partial charge in [-0.15, -0.1) is 0 Å². The molecule has 1 aliphatic carbocycles. The van der Waals surface area contributed by atoms with Crippen LogP contribution in [-0.2, 0) is 6.54 Å². The van der Waals surface area contributed by atoms with Crippen molar-refractivity contribution in [3.63, 3.8) is 0 Å². The molecular formula is C21H29N3O2. The van der Waals surface area contributed by atoms with Gasteiger partial charge in [0.05, 0.1) is 18.2 Å². The minimum atomic E-state index is 0.141. The molecule has 0 unspecified atom stereocenters. The van der Waals surface area contributed by atoms with Crippen molar-refractivity contribution in [1.82, 2.24) is 14.8 Å². The average molecular weight is 355 g/mol. The van der Waals surface area contributed by atoms with Crippen LogP contribution in [0.4, 0.5) is 0 Å². The van der Waals surface area contributed by atoms with Crippen molar-refractivity contribution in [2.45, 2.75) is 45.2 Å². The van der Waals surface area contributed by atoms with Crippen molar-refractivity contribution in [2.24, 2.45) is 5.92 Å². The van der Waals surface area contributed by atoms with E-state index in [2.05, 4.69) is 29.1 Å². The third-order valence-electron chi connectivity index (χ3n) is 5.90. The number of carbonyl (C=O) groups is 1. The lowest BCUT2D eigenvalue weighted by atomic mass is 10.1. The molecule has 2 aromatic rings. The van der Waals surface area contributed by atoms with Crippen LogP contribution in [0.15, 0.2) is 24.4 Å². The van der Waals surface area contributed by atoms with Gasteiger partial charge in [0.25, 0.3) is 5.91 Å². The summed E-state index contributed by atoms with van der Waals surface area (Å²) in [6.45, 7) is 5.49. The summed E-state index contributed by atoms with van der Waals surface area (Å²) in [7, 11) is 1.71. The second-order valence-electron chi connectivity index (χ2n) is 7.81. The maximum absolute atomic E-state index is 13.3. The molecule has 140 valence electrons. The quantitative estimate of drug-likeness (QED) is 0.916. The smallest absolute Gasteiger partial charge is 0.256 e. The minimum absolute atomic E-state index is 0.141. The normalized spacial score (nSPS) is 21.5. The first-order chi connectivity index (χ1) is 12.7. The molecular weight excluding hydrogens is 326 g/mol. The average Bonchev–Trinajstić information content (AvgIpc) is 3.29. The van der Waals surface area contributed by atoms with Gasteiger partial charge in [0.1, 0.15) is 5.75 Å². The van der Waals surface area contributed by atoms with E-state index in [-0.39, 0.29) is 5.91 Å². The second-order valence-corrected chi connectivity index (χ2v) is 7.81. The van der Waals surface area contributed by atoms with Crippen molar-refractivity contribution in [2.75, 3.05) is 26.7 Å². The van der Waals surface area contributed by atoms with Gasteiger partial charge in [-0.25, -0.2) is 0 Å². The third-order valence-corrected chi connectivity index (χ3v) is 5.90. The first kappa shape index (κ1) is 17.4. The number of nitrogens with one attached hydrogen (secondary N) is 1. The van der Waals surface area contributed by atoms with Gasteiger partial charge < -0.3 is 19.5 Å². The van der Waals surface area contributed by atoms with Crippen LogP contribution < -0.4 is 10.1 Å². The summed E-state index contributed by atoms with van der Waals surface area (Å²) in [4.78, 5) is 15.2. The Hall–Kier alpha value is -2.01. The van der Waals surface area contributed by atoms with Crippen molar-refractivity contribution in [3.8, 4) is 5.75 Å². The largest absolute Gasteiger partial charge is 0.495 e. The summed E-state index contributed by atoms with van der Waals surface area (Å²) in [5.41, 5.74) is 1.87. The molecule has 1 N–H and O–H groups in total. The number of hydrogen-bond acceptors (Lipinski definition) is 3. The standard InChI is InChI=1S/C21H29N3O2/c1-15-12-23(11-10-22-15)21(25)18-14-24(13-16-6-3-4-7-16)20-17(18)8-5-9-19(20)26-2/h5,8-9,14-16,22H,3-4,6-7,10-13H2,1-2H3/t15-/m0/s1. The van der Waals surface area contributed by atoms with E-state index in [1.165, 1.54) is 25.7 Å². The monoisotopic (exact) mass is 355 g/mol. The number of piperazine rings is 1. The Morgan fingerprint density at radius 1 is 1.31 bits per heavy atom. The molecule has 2 aliphatic rings. The summed E-state index contributed by atoms with van der Waals surface area (Å²) in [6.07, 6.45) is 7.29. The summed E-state index contributed by atoms with van der Waals surface area (Å²) in [5.74, 6) is 1.70. The van der Waals surface area contributed by atoms with Crippen molar-refractivity contribution < 1.29 is 9.53 Å². The van der Waals surface area contributed by atoms with Gasteiger partial charge in [-0.2, -0.15) is 0 Å². The number of ether oxygens (including phenoxy) is 1. The Balaban J connectivity index is 1.73. The van der Waals surface area contributed by atoms with Gasteiger partial charge in [-0.3, -0.25) is 4.79 Å². The zero-order valence-electron chi connectivity index (χ0n) is 15.8. The zero-order valence-corrected chi connectivity index (χ0v) is 15.8. The van der Waals surface area contributed by atoms with E-state index in [4.69, 9.17) is 4.74 Å². The maximum Gasteiger partial charge on any atom is 0.256 e. The molecule has 5 nitrogen and oxygen atoms in total. The number of benzene rings is 1. The number of nitrogens with zero attached hydrogens (tertiary/aromatic N) is 2. The summed E-state index contributed by atoms with van der Waals surface area (Å²) >= 11 is 0. The molecule has 26 heavy (non-hydrogen) atoms. The Morgan fingerprint density at radius 2 is 2.12 bits per heavy atom. The summed E-state index contributed by atoms with van der Waals surface area (Å²) in [6, 6.07) is 6.38. The Bertz CT molecular complexity index is 792. The van der Waals surface area contributed by atoms with E-state index < -0.39 is 0 Å². The van der Waals surface area contributed by atoms with Gasteiger partial charge in [0.2, 0.25) is 0 Å². The SMILES string of the molecule is COc1cccc2c(C(=O)N3CCN[C@@H](C)C3)cn(CC3CCCC3)c12. The number of carbonyl (C=O) groups excluding carboxylic acids is 1. The van der Waals surface area contributed by atoms with Crippen LogP contribution in [0.1, 0.15) is 43.0 Å². The van der Waals surface area contributed by atoms with E-state index in [0.29, 0.717) is 12.0 Å². The summed E-state index contributed by atoms with van der Waals surface area (Å²) in [5, 5.41) is 4.42. The van der Waals surface area contributed by atoms with E-state index >= 15 is 0 Å². The molecule has 2 heterocycles. The number of aromatic nitrogens is 1. The first-order valence-electron chi connectivity index (χ1n) is 9.86. The van der Waals surface area contributed by atoms with E-state index in [1.54, 1.807) is 7.11 Å². The highest BCUT2D eigenvalue weighted by Gasteiger charge is 2.26. The summed E-state index contributed by atoms with van der Waals surface area (Å²) < 4.78 is 7.90. The van der Waals surface area contributed by atoms with Gasteiger partial charge >= 0.3 is 0 Å². The van der Waals surface area contributed by atoms with Crippen molar-refractivity contribution in [3.05, 3.63) is 30.0 Å². The predicted molar refractivity (Wildman–Crippen MR) is 104 cm³/mol. The van der Waals surface area contributed by atoms with E-state index in [9.17, 15) is 4.79 Å². The highest BCUT2D eigenvalue weighted by molar-refractivity contribution is 6.08. The molecule has 0 radical (unpaired) electrons. The van der Waals surface area contributed by atoms with E-state index in [0.717, 1.165) is 48.4 Å². The molecule has 4 rings (SSSR count). The van der Waals surface area contributed by atoms with Gasteiger partial charge in [0, 0.05) is 43.8 Å². The van der Waals surface area contributed by atoms with Crippen LogP contribution in [0.5, 0.6) is 5.75 Å². The number of para-hydroxylation sites is 1. The van der Waals surface area contributed by atoms with Crippen LogP contribution in [0.25, 0.3) is 10.9 Å². The first-order valence-corrected chi connectivity index (χ1v) is 9.86. The fraction of sp³-hybridized carbons (Fsp3) is 0.571. The van der Waals surface area contributed by atoms with Crippen molar-refractivity contribution in [1.29, 1.82) is 0 Å². The lowest BCUT2D eigenvalue weighted by molar-refractivity contribution is 0.0711. The molecule has 1 aromatic heterocycles. The molecule has 1 saturated heterocycles. The van der Waals surface area contributed by atoms with Gasteiger partial charge in [0.15, 0.2) is 0 Å². The van der Waals surface area contributed by atoms with Gasteiger partial charge in [-0.1, -0.05) is 25.0 Å². The number of amides is 1. The number of rotatable bonds is 4. The Morgan fingerprint density at radius 3 is 2.85 bits per heavy atom. The molecule has 1 aromatic carbocycles. The Kier molecular flexibility index (Phi) is 4.90. The number of methoxy groups -OCH3 is 1. The lowest BCUT2D eigenvalue weighted by Crippen LogP contribution is -2.51. The van der Waals surface area contributed by atoms with Crippen LogP contribution in [0, 0.1) is 5.92 Å². The zero-order chi connectivity index (χ0) is 18.1. The highest BCUT2D eigenvalue weighted by atomic mass is 16.5. The minimum Gasteiger partial charge on any atom is -0.495 e. The topological polar surface area (TPSA) is 46.5 Å². The van der Waals surface area contributed by atoms with Gasteiger partial charge in [-0.05, 0) is 31.7 Å². The number of hydrogen-bond donors (Lipinski definition) is 1. The molecule has 1 amide bonds. The van der Waals surface area contributed by atoms with Crippen LogP contribution in [-0.4, -0.2) is 48.2 Å². The molecule has 0 bridgehead atoms. The number of fused-ring (bicyclic) bond motifs is 1. The maximum atomic E-state index is 13.3. The van der Waals surface area contributed by atoms with Crippen LogP contribution in [0.3, 0.4) is 0 Å². The van der Waals surface area contributed by atoms with Crippen LogP contribution in [0.2, 0.25) is 0 Å². The molecule has 1 aliphatic heterocycles. The molecule has 5 heteroatoms. The second kappa shape index (κ2) is 7.31. The Labute approximate surface area is 155 Å². The molecule has 2 fully saturated rings.